The van der Waals surface area contributed by atoms with Gasteiger partial charge in [-0.05, 0) is 44.9 Å². The summed E-state index contributed by atoms with van der Waals surface area (Å²) in [5.41, 5.74) is 0.616. The first-order valence-corrected chi connectivity index (χ1v) is 6.31. The van der Waals surface area contributed by atoms with E-state index in [-0.39, 0.29) is 11.9 Å². The van der Waals surface area contributed by atoms with Gasteiger partial charge in [-0.15, -0.1) is 0 Å². The molecule has 0 aliphatic carbocycles. The molecule has 1 fully saturated rings. The minimum absolute atomic E-state index is 0.0313. The molecular formula is C14H19F2NO. The van der Waals surface area contributed by atoms with Crippen LogP contribution in [0.2, 0.25) is 0 Å². The summed E-state index contributed by atoms with van der Waals surface area (Å²) in [6, 6.07) is 2.80. The molecule has 0 bridgehead atoms. The third-order valence-corrected chi connectivity index (χ3v) is 3.36. The number of rotatable bonds is 1. The van der Waals surface area contributed by atoms with Crippen molar-refractivity contribution < 1.29 is 13.5 Å². The molecule has 1 aromatic rings. The fraction of sp³-hybridized carbons (Fsp3) is 0.571. The monoisotopic (exact) mass is 255 g/mol. The van der Waals surface area contributed by atoms with E-state index in [1.165, 1.54) is 12.1 Å². The van der Waals surface area contributed by atoms with Crippen LogP contribution in [0.15, 0.2) is 12.1 Å². The van der Waals surface area contributed by atoms with E-state index in [9.17, 15) is 8.78 Å². The molecule has 100 valence electrons. The number of nitrogens with one attached hydrogen (secondary N) is 1. The largest absolute Gasteiger partial charge is 0.369 e. The Kier molecular flexibility index (Phi) is 3.97. The van der Waals surface area contributed by atoms with Crippen molar-refractivity contribution in [3.05, 3.63) is 34.9 Å². The number of hydrogen-bond acceptors (Lipinski definition) is 2. The molecular weight excluding hydrogens is 236 g/mol. The van der Waals surface area contributed by atoms with Crippen molar-refractivity contribution in [1.29, 1.82) is 0 Å². The number of ether oxygens (including phenoxy) is 1. The van der Waals surface area contributed by atoms with Crippen LogP contribution in [0.1, 0.15) is 37.5 Å². The van der Waals surface area contributed by atoms with Crippen LogP contribution in [0.25, 0.3) is 0 Å². The Hall–Kier alpha value is -1.00. The van der Waals surface area contributed by atoms with E-state index >= 15 is 0 Å². The molecule has 1 aromatic carbocycles. The highest BCUT2D eigenvalue weighted by Gasteiger charge is 2.25. The summed E-state index contributed by atoms with van der Waals surface area (Å²) in [6.07, 6.45) is 0.468. The van der Waals surface area contributed by atoms with Crippen molar-refractivity contribution >= 4 is 0 Å². The normalized spacial score (nSPS) is 29.1. The number of aryl methyl sites for hydroxylation is 1. The van der Waals surface area contributed by atoms with Crippen molar-refractivity contribution in [3.8, 4) is 0 Å². The van der Waals surface area contributed by atoms with Crippen LogP contribution < -0.4 is 5.32 Å². The maximum Gasteiger partial charge on any atom is 0.129 e. The van der Waals surface area contributed by atoms with Gasteiger partial charge in [0.25, 0.3) is 0 Å². The molecule has 3 atom stereocenters. The summed E-state index contributed by atoms with van der Waals surface area (Å²) in [5, 5.41) is 3.27. The van der Waals surface area contributed by atoms with E-state index in [1.54, 1.807) is 6.92 Å². The summed E-state index contributed by atoms with van der Waals surface area (Å²) >= 11 is 0. The van der Waals surface area contributed by atoms with Crippen molar-refractivity contribution in [3.63, 3.8) is 0 Å². The van der Waals surface area contributed by atoms with Gasteiger partial charge in [0.1, 0.15) is 11.6 Å². The molecule has 1 N–H and O–H groups in total. The minimum Gasteiger partial charge on any atom is -0.369 e. The molecule has 0 radical (unpaired) electrons. The summed E-state index contributed by atoms with van der Waals surface area (Å²) in [5.74, 6) is -0.789. The Morgan fingerprint density at radius 2 is 1.94 bits per heavy atom. The molecule has 18 heavy (non-hydrogen) atoms. The van der Waals surface area contributed by atoms with Crippen LogP contribution in [0.4, 0.5) is 8.78 Å². The zero-order chi connectivity index (χ0) is 13.3. The van der Waals surface area contributed by atoms with Gasteiger partial charge in [-0.1, -0.05) is 0 Å². The van der Waals surface area contributed by atoms with Crippen molar-refractivity contribution in [1.82, 2.24) is 5.32 Å². The summed E-state index contributed by atoms with van der Waals surface area (Å²) in [6.45, 7) is 6.08. The average Bonchev–Trinajstić information content (AvgIpc) is 2.45. The lowest BCUT2D eigenvalue weighted by Crippen LogP contribution is -2.28. The number of halogens is 2. The highest BCUT2D eigenvalue weighted by atomic mass is 19.1. The topological polar surface area (TPSA) is 21.3 Å². The van der Waals surface area contributed by atoms with Crippen LogP contribution in [0, 0.1) is 18.6 Å². The fourth-order valence-electron chi connectivity index (χ4n) is 2.37. The smallest absolute Gasteiger partial charge is 0.129 e. The summed E-state index contributed by atoms with van der Waals surface area (Å²) in [7, 11) is 0. The van der Waals surface area contributed by atoms with Gasteiger partial charge in [-0.25, -0.2) is 8.78 Å². The molecule has 0 aromatic heterocycles. The maximum absolute atomic E-state index is 13.9. The molecule has 1 saturated heterocycles. The summed E-state index contributed by atoms with van der Waals surface area (Å²) in [4.78, 5) is 0. The zero-order valence-corrected chi connectivity index (χ0v) is 11.0. The van der Waals surface area contributed by atoms with E-state index in [0.29, 0.717) is 23.7 Å². The second kappa shape index (κ2) is 5.33. The predicted molar refractivity (Wildman–Crippen MR) is 66.5 cm³/mol. The molecule has 4 heteroatoms. The van der Waals surface area contributed by atoms with E-state index < -0.39 is 11.9 Å². The average molecular weight is 255 g/mol. The van der Waals surface area contributed by atoms with Gasteiger partial charge in [-0.2, -0.15) is 0 Å². The Bertz CT molecular complexity index is 436. The lowest BCUT2D eigenvalue weighted by atomic mass is 10.1. The maximum atomic E-state index is 13.9. The van der Waals surface area contributed by atoms with Gasteiger partial charge < -0.3 is 10.1 Å². The molecule has 0 spiro atoms. The Balaban J connectivity index is 2.27. The van der Waals surface area contributed by atoms with Gasteiger partial charge >= 0.3 is 0 Å². The molecule has 2 rings (SSSR count). The first-order valence-electron chi connectivity index (χ1n) is 6.31. The van der Waals surface area contributed by atoms with Crippen LogP contribution >= 0.6 is 0 Å². The van der Waals surface area contributed by atoms with E-state index in [4.69, 9.17) is 4.74 Å². The Morgan fingerprint density at radius 1 is 1.22 bits per heavy atom. The van der Waals surface area contributed by atoms with Crippen LogP contribution in [0.5, 0.6) is 0 Å². The van der Waals surface area contributed by atoms with E-state index in [0.717, 1.165) is 6.42 Å². The standard InChI is InChI=1S/C14H19F2NO/c1-8-4-13(16)11(6-12(8)15)14-7-17-9(2)5-10(3)18-14/h4,6,9-10,14,17H,5,7H2,1-3H3. The summed E-state index contributed by atoms with van der Waals surface area (Å²) < 4.78 is 33.2. The Morgan fingerprint density at radius 3 is 2.67 bits per heavy atom. The van der Waals surface area contributed by atoms with Crippen molar-refractivity contribution in [2.24, 2.45) is 0 Å². The zero-order valence-electron chi connectivity index (χ0n) is 11.0. The van der Waals surface area contributed by atoms with Crippen LogP contribution in [0.3, 0.4) is 0 Å². The second-order valence-electron chi connectivity index (χ2n) is 5.10. The second-order valence-corrected chi connectivity index (χ2v) is 5.10. The van der Waals surface area contributed by atoms with Gasteiger partial charge in [0.05, 0.1) is 12.2 Å². The van der Waals surface area contributed by atoms with Gasteiger partial charge in [0, 0.05) is 18.2 Å². The quantitative estimate of drug-likeness (QED) is 0.832. The lowest BCUT2D eigenvalue weighted by molar-refractivity contribution is 0.00522. The van der Waals surface area contributed by atoms with Crippen LogP contribution in [-0.2, 0) is 4.74 Å². The third kappa shape index (κ3) is 2.87. The first kappa shape index (κ1) is 13.4. The van der Waals surface area contributed by atoms with Gasteiger partial charge in [0.15, 0.2) is 0 Å². The minimum atomic E-state index is -0.431. The van der Waals surface area contributed by atoms with E-state index in [1.807, 2.05) is 6.92 Å². The van der Waals surface area contributed by atoms with E-state index in [2.05, 4.69) is 12.2 Å². The molecule has 0 saturated carbocycles. The molecule has 1 aliphatic rings. The molecule has 1 heterocycles. The van der Waals surface area contributed by atoms with Crippen molar-refractivity contribution in [2.75, 3.05) is 6.54 Å². The third-order valence-electron chi connectivity index (χ3n) is 3.36. The highest BCUT2D eigenvalue weighted by molar-refractivity contribution is 5.27. The Labute approximate surface area is 106 Å². The fourth-order valence-corrected chi connectivity index (χ4v) is 2.37. The van der Waals surface area contributed by atoms with Crippen molar-refractivity contribution in [2.45, 2.75) is 45.4 Å². The van der Waals surface area contributed by atoms with Gasteiger partial charge in [0.2, 0.25) is 0 Å². The molecule has 3 unspecified atom stereocenters. The lowest BCUT2D eigenvalue weighted by Gasteiger charge is -2.20. The van der Waals surface area contributed by atoms with Gasteiger partial charge in [-0.3, -0.25) is 0 Å². The molecule has 2 nitrogen and oxygen atoms in total. The predicted octanol–water partition coefficient (Wildman–Crippen LogP) is 3.10. The molecule has 0 amide bonds. The molecule has 1 aliphatic heterocycles. The highest BCUT2D eigenvalue weighted by Crippen LogP contribution is 2.27. The first-order chi connectivity index (χ1) is 8.47. The number of benzene rings is 1. The number of hydrogen-bond donors (Lipinski definition) is 1. The SMILES string of the molecule is Cc1cc(F)c(C2CNC(C)CC(C)O2)cc1F. The van der Waals surface area contributed by atoms with Crippen LogP contribution in [-0.4, -0.2) is 18.7 Å².